The van der Waals surface area contributed by atoms with E-state index in [2.05, 4.69) is 59.2 Å². The fraction of sp³-hybridized carbons (Fsp3) is 0.500. The van der Waals surface area contributed by atoms with Crippen LogP contribution in [0.15, 0.2) is 28.7 Å². The maximum Gasteiger partial charge on any atom is 0.226 e. The van der Waals surface area contributed by atoms with Crippen molar-refractivity contribution in [1.82, 2.24) is 9.78 Å². The van der Waals surface area contributed by atoms with Crippen molar-refractivity contribution in [2.24, 2.45) is 12.5 Å². The molecule has 0 aliphatic heterocycles. The Morgan fingerprint density at radius 1 is 1.28 bits per heavy atom. The zero-order chi connectivity index (χ0) is 18.2. The molecule has 0 unspecified atom stereocenters. The highest BCUT2D eigenvalue weighted by Crippen LogP contribution is 2.44. The number of rotatable bonds is 4. The second-order valence-corrected chi connectivity index (χ2v) is 9.07. The van der Waals surface area contributed by atoms with Crippen LogP contribution in [0.4, 0.5) is 5.82 Å². The molecule has 1 aromatic heterocycles. The van der Waals surface area contributed by atoms with Gasteiger partial charge in [-0.05, 0) is 36.3 Å². The molecule has 1 heterocycles. The van der Waals surface area contributed by atoms with E-state index in [4.69, 9.17) is 0 Å². The van der Waals surface area contributed by atoms with Gasteiger partial charge in [0.1, 0.15) is 0 Å². The van der Waals surface area contributed by atoms with Crippen LogP contribution in [0.5, 0.6) is 0 Å². The molecule has 0 saturated heterocycles. The molecule has 0 radical (unpaired) electrons. The van der Waals surface area contributed by atoms with Crippen LogP contribution in [-0.4, -0.2) is 15.7 Å². The molecule has 1 aromatic carbocycles. The van der Waals surface area contributed by atoms with Crippen molar-refractivity contribution in [3.63, 3.8) is 0 Å². The van der Waals surface area contributed by atoms with Crippen LogP contribution in [0.3, 0.4) is 0 Å². The third-order valence-electron chi connectivity index (χ3n) is 4.66. The fourth-order valence-corrected chi connectivity index (χ4v) is 3.59. The summed E-state index contributed by atoms with van der Waals surface area (Å²) in [6.45, 7) is 6.22. The van der Waals surface area contributed by atoms with Crippen molar-refractivity contribution < 1.29 is 4.79 Å². The molecular formula is C20H26BrN3O. The van der Waals surface area contributed by atoms with E-state index in [0.29, 0.717) is 12.3 Å². The minimum absolute atomic E-state index is 0.0357. The number of hydrogen-bond donors (Lipinski definition) is 1. The number of amides is 1. The lowest BCUT2D eigenvalue weighted by Crippen LogP contribution is -2.21. The molecule has 1 N–H and O–H groups in total. The Labute approximate surface area is 158 Å². The summed E-state index contributed by atoms with van der Waals surface area (Å²) >= 11 is 3.50. The first-order valence-corrected chi connectivity index (χ1v) is 9.66. The summed E-state index contributed by atoms with van der Waals surface area (Å²) < 4.78 is 2.96. The first kappa shape index (κ1) is 18.2. The van der Waals surface area contributed by atoms with Crippen molar-refractivity contribution in [3.05, 3.63) is 34.3 Å². The number of benzene rings is 1. The average Bonchev–Trinajstić information content (AvgIpc) is 2.72. The zero-order valence-electron chi connectivity index (χ0n) is 15.4. The number of carbonyl (C=O) groups excluding carboxylic acids is 1. The minimum Gasteiger partial charge on any atom is -0.309 e. The predicted octanol–water partition coefficient (Wildman–Crippen LogP) is 5.49. The summed E-state index contributed by atoms with van der Waals surface area (Å²) in [4.78, 5) is 12.4. The van der Waals surface area contributed by atoms with Crippen molar-refractivity contribution in [1.29, 1.82) is 0 Å². The van der Waals surface area contributed by atoms with Crippen LogP contribution in [0.1, 0.15) is 57.9 Å². The van der Waals surface area contributed by atoms with E-state index in [1.807, 2.05) is 23.9 Å². The Morgan fingerprint density at radius 3 is 2.44 bits per heavy atom. The molecule has 1 aliphatic carbocycles. The lowest BCUT2D eigenvalue weighted by Gasteiger charge is -2.27. The highest BCUT2D eigenvalue weighted by Gasteiger charge is 2.30. The standard InChI is InChI=1S/C20H26BrN3O/c1-20(2,3)12-16(25)22-19-17(13-6-5-7-13)18(24(4)23-19)14-8-10-15(21)11-9-14/h8-11,13H,5-7,12H2,1-4H3,(H,22,23,25). The predicted molar refractivity (Wildman–Crippen MR) is 106 cm³/mol. The SMILES string of the molecule is Cn1nc(NC(=O)CC(C)(C)C)c(C2CCC2)c1-c1ccc(Br)cc1. The number of halogens is 1. The number of nitrogens with one attached hydrogen (secondary N) is 1. The molecule has 25 heavy (non-hydrogen) atoms. The third-order valence-corrected chi connectivity index (χ3v) is 5.19. The molecule has 3 rings (SSSR count). The number of aromatic nitrogens is 2. The fourth-order valence-electron chi connectivity index (χ4n) is 3.32. The second-order valence-electron chi connectivity index (χ2n) is 8.15. The van der Waals surface area contributed by atoms with Gasteiger partial charge < -0.3 is 5.32 Å². The largest absolute Gasteiger partial charge is 0.309 e. The minimum atomic E-state index is -0.0377. The normalized spacial score (nSPS) is 15.1. The number of nitrogens with zero attached hydrogens (tertiary/aromatic N) is 2. The average molecular weight is 404 g/mol. The highest BCUT2D eigenvalue weighted by molar-refractivity contribution is 9.10. The molecule has 0 bridgehead atoms. The summed E-state index contributed by atoms with van der Waals surface area (Å²) in [5, 5.41) is 7.73. The second kappa shape index (κ2) is 6.94. The smallest absolute Gasteiger partial charge is 0.226 e. The Morgan fingerprint density at radius 2 is 1.92 bits per heavy atom. The number of carbonyl (C=O) groups is 1. The van der Waals surface area contributed by atoms with Crippen LogP contribution < -0.4 is 5.32 Å². The molecule has 2 aromatic rings. The lowest BCUT2D eigenvalue weighted by molar-refractivity contribution is -0.117. The molecule has 1 saturated carbocycles. The Kier molecular flexibility index (Phi) is 5.05. The van der Waals surface area contributed by atoms with E-state index in [1.165, 1.54) is 12.0 Å². The maximum absolute atomic E-state index is 12.4. The van der Waals surface area contributed by atoms with Crippen LogP contribution >= 0.6 is 15.9 Å². The van der Waals surface area contributed by atoms with Crippen molar-refractivity contribution in [3.8, 4) is 11.3 Å². The van der Waals surface area contributed by atoms with Crippen molar-refractivity contribution >= 4 is 27.7 Å². The summed E-state index contributed by atoms with van der Waals surface area (Å²) in [5.41, 5.74) is 3.40. The first-order valence-electron chi connectivity index (χ1n) is 8.87. The van der Waals surface area contributed by atoms with Gasteiger partial charge in [0.25, 0.3) is 0 Å². The molecule has 1 aliphatic rings. The maximum atomic E-state index is 12.4. The molecular weight excluding hydrogens is 378 g/mol. The summed E-state index contributed by atoms with van der Waals surface area (Å²) in [6, 6.07) is 8.30. The van der Waals surface area contributed by atoms with E-state index in [1.54, 1.807) is 0 Å². The van der Waals surface area contributed by atoms with Crippen molar-refractivity contribution in [2.45, 2.75) is 52.4 Å². The van der Waals surface area contributed by atoms with Gasteiger partial charge in [0, 0.05) is 29.1 Å². The topological polar surface area (TPSA) is 46.9 Å². The molecule has 0 spiro atoms. The van der Waals surface area contributed by atoms with Gasteiger partial charge in [-0.3, -0.25) is 9.48 Å². The molecule has 4 nitrogen and oxygen atoms in total. The van der Waals surface area contributed by atoms with Crippen LogP contribution in [0.25, 0.3) is 11.3 Å². The van der Waals surface area contributed by atoms with Crippen molar-refractivity contribution in [2.75, 3.05) is 5.32 Å². The van der Waals surface area contributed by atoms with Gasteiger partial charge in [-0.25, -0.2) is 0 Å². The Balaban J connectivity index is 1.97. The van der Waals surface area contributed by atoms with E-state index in [0.717, 1.165) is 34.4 Å². The highest BCUT2D eigenvalue weighted by atomic mass is 79.9. The molecule has 5 heteroatoms. The quantitative estimate of drug-likeness (QED) is 0.732. The Bertz CT molecular complexity index is 767. The third kappa shape index (κ3) is 4.14. The van der Waals surface area contributed by atoms with Gasteiger partial charge >= 0.3 is 0 Å². The first-order chi connectivity index (χ1) is 11.7. The van der Waals surface area contributed by atoms with Gasteiger partial charge in [0.15, 0.2) is 5.82 Å². The van der Waals surface area contributed by atoms with E-state index >= 15 is 0 Å². The summed E-state index contributed by atoms with van der Waals surface area (Å²) in [7, 11) is 1.96. The van der Waals surface area contributed by atoms with Crippen LogP contribution in [-0.2, 0) is 11.8 Å². The van der Waals surface area contributed by atoms with Crippen LogP contribution in [0, 0.1) is 5.41 Å². The molecule has 1 amide bonds. The molecule has 1 fully saturated rings. The number of aryl methyl sites for hydroxylation is 1. The zero-order valence-corrected chi connectivity index (χ0v) is 17.0. The monoisotopic (exact) mass is 403 g/mol. The lowest BCUT2D eigenvalue weighted by atomic mass is 9.79. The Hall–Kier alpha value is -1.62. The summed E-state index contributed by atoms with van der Waals surface area (Å²) in [6.07, 6.45) is 4.06. The van der Waals surface area contributed by atoms with Gasteiger partial charge in [0.2, 0.25) is 5.91 Å². The number of hydrogen-bond acceptors (Lipinski definition) is 2. The van der Waals surface area contributed by atoms with E-state index < -0.39 is 0 Å². The summed E-state index contributed by atoms with van der Waals surface area (Å²) in [5.74, 6) is 1.25. The van der Waals surface area contributed by atoms with Gasteiger partial charge in [-0.1, -0.05) is 55.3 Å². The van der Waals surface area contributed by atoms with Gasteiger partial charge in [-0.2, -0.15) is 5.10 Å². The van der Waals surface area contributed by atoms with Gasteiger partial charge in [0.05, 0.1) is 5.69 Å². The van der Waals surface area contributed by atoms with E-state index in [9.17, 15) is 4.79 Å². The molecule has 0 atom stereocenters. The molecule has 134 valence electrons. The van der Waals surface area contributed by atoms with Crippen LogP contribution in [0.2, 0.25) is 0 Å². The van der Waals surface area contributed by atoms with E-state index in [-0.39, 0.29) is 11.3 Å². The van der Waals surface area contributed by atoms with Gasteiger partial charge in [-0.15, -0.1) is 0 Å². The number of anilines is 1.